The van der Waals surface area contributed by atoms with Gasteiger partial charge in [0.1, 0.15) is 5.82 Å². The highest BCUT2D eigenvalue weighted by Crippen LogP contribution is 2.19. The minimum atomic E-state index is -0.305. The Hall–Kier alpha value is -2.93. The van der Waals surface area contributed by atoms with Gasteiger partial charge in [0, 0.05) is 36.6 Å². The molecule has 1 saturated carbocycles. The number of carbonyl (C=O) groups is 3. The van der Waals surface area contributed by atoms with Crippen molar-refractivity contribution in [3.63, 3.8) is 0 Å². The van der Waals surface area contributed by atoms with Crippen LogP contribution in [0.4, 0.5) is 5.82 Å². The van der Waals surface area contributed by atoms with Crippen molar-refractivity contribution in [3.05, 3.63) is 59.2 Å². The summed E-state index contributed by atoms with van der Waals surface area (Å²) in [6, 6.07) is 12.6. The summed E-state index contributed by atoms with van der Waals surface area (Å²) in [6.07, 6.45) is 5.72. The molecule has 0 saturated heterocycles. The largest absolute Gasteiger partial charge is 0.352 e. The van der Waals surface area contributed by atoms with E-state index in [1.54, 1.807) is 30.5 Å². The Morgan fingerprint density at radius 1 is 1.00 bits per heavy atom. The third-order valence-corrected chi connectivity index (χ3v) is 5.59. The van der Waals surface area contributed by atoms with Crippen LogP contribution in [0.5, 0.6) is 0 Å². The Morgan fingerprint density at radius 2 is 1.74 bits per heavy atom. The second-order valence-corrected chi connectivity index (χ2v) is 8.06. The SMILES string of the molecule is O=C(CCC(=O)N(CC(=O)NC1CCCC1)Cc1ccccc1Cl)Nc1ccccn1. The van der Waals surface area contributed by atoms with Crippen LogP contribution in [-0.4, -0.2) is 40.2 Å². The Morgan fingerprint density at radius 3 is 2.45 bits per heavy atom. The van der Waals surface area contributed by atoms with Crippen molar-refractivity contribution < 1.29 is 14.4 Å². The minimum absolute atomic E-state index is 0.00132. The zero-order valence-electron chi connectivity index (χ0n) is 17.4. The third-order valence-electron chi connectivity index (χ3n) is 5.22. The number of rotatable bonds is 9. The molecule has 1 fully saturated rings. The second kappa shape index (κ2) is 11.5. The number of pyridine rings is 1. The van der Waals surface area contributed by atoms with E-state index in [2.05, 4.69) is 15.6 Å². The third kappa shape index (κ3) is 7.36. The van der Waals surface area contributed by atoms with E-state index >= 15 is 0 Å². The van der Waals surface area contributed by atoms with Gasteiger partial charge < -0.3 is 15.5 Å². The molecular formula is C23H27ClN4O3. The molecule has 1 aliphatic carbocycles. The molecule has 31 heavy (non-hydrogen) atoms. The van der Waals surface area contributed by atoms with Crippen molar-refractivity contribution in [1.82, 2.24) is 15.2 Å². The first-order valence-electron chi connectivity index (χ1n) is 10.5. The summed E-state index contributed by atoms with van der Waals surface area (Å²) in [5.41, 5.74) is 0.754. The van der Waals surface area contributed by atoms with Crippen LogP contribution >= 0.6 is 11.6 Å². The Bertz CT molecular complexity index is 901. The zero-order valence-corrected chi connectivity index (χ0v) is 18.1. The predicted octanol–water partition coefficient (Wildman–Crippen LogP) is 3.54. The number of halogens is 1. The van der Waals surface area contributed by atoms with Crippen LogP contribution in [0.1, 0.15) is 44.1 Å². The normalized spacial score (nSPS) is 13.6. The smallest absolute Gasteiger partial charge is 0.239 e. The number of aromatic nitrogens is 1. The number of nitrogens with one attached hydrogen (secondary N) is 2. The molecule has 2 aromatic rings. The summed E-state index contributed by atoms with van der Waals surface area (Å²) in [7, 11) is 0. The first kappa shape index (κ1) is 22.7. The van der Waals surface area contributed by atoms with Crippen molar-refractivity contribution in [1.29, 1.82) is 0 Å². The highest BCUT2D eigenvalue weighted by molar-refractivity contribution is 6.31. The maximum atomic E-state index is 12.9. The van der Waals surface area contributed by atoms with Crippen molar-refractivity contribution in [2.45, 2.75) is 51.1 Å². The fraction of sp³-hybridized carbons (Fsp3) is 0.391. The molecule has 0 atom stereocenters. The van der Waals surface area contributed by atoms with Crippen LogP contribution < -0.4 is 10.6 Å². The Balaban J connectivity index is 1.59. The summed E-state index contributed by atoms with van der Waals surface area (Å²) in [5, 5.41) is 6.20. The molecule has 1 heterocycles. The summed E-state index contributed by atoms with van der Waals surface area (Å²) < 4.78 is 0. The highest BCUT2D eigenvalue weighted by atomic mass is 35.5. The summed E-state index contributed by atoms with van der Waals surface area (Å²) in [4.78, 5) is 43.1. The van der Waals surface area contributed by atoms with Gasteiger partial charge in [-0.15, -0.1) is 0 Å². The van der Waals surface area contributed by atoms with Gasteiger partial charge in [-0.05, 0) is 36.6 Å². The number of nitrogens with zero attached hydrogens (tertiary/aromatic N) is 2. The number of carbonyl (C=O) groups excluding carboxylic acids is 3. The van der Waals surface area contributed by atoms with E-state index in [1.807, 2.05) is 18.2 Å². The number of hydrogen-bond acceptors (Lipinski definition) is 4. The van der Waals surface area contributed by atoms with E-state index in [4.69, 9.17) is 11.6 Å². The average Bonchev–Trinajstić information content (AvgIpc) is 3.26. The van der Waals surface area contributed by atoms with E-state index in [0.29, 0.717) is 10.8 Å². The lowest BCUT2D eigenvalue weighted by atomic mass is 10.2. The first-order chi connectivity index (χ1) is 15.0. The summed E-state index contributed by atoms with van der Waals surface area (Å²) in [5.74, 6) is -0.341. The van der Waals surface area contributed by atoms with E-state index < -0.39 is 0 Å². The van der Waals surface area contributed by atoms with Gasteiger partial charge in [0.05, 0.1) is 6.54 Å². The highest BCUT2D eigenvalue weighted by Gasteiger charge is 2.22. The fourth-order valence-electron chi connectivity index (χ4n) is 3.60. The van der Waals surface area contributed by atoms with E-state index in [9.17, 15) is 14.4 Å². The topological polar surface area (TPSA) is 91.4 Å². The fourth-order valence-corrected chi connectivity index (χ4v) is 3.80. The molecule has 0 bridgehead atoms. The standard InChI is InChI=1S/C23H27ClN4O3/c24-19-10-4-1-7-17(19)15-28(16-22(30)26-18-8-2-3-9-18)23(31)13-12-21(29)27-20-11-5-6-14-25-20/h1,4-7,10-11,14,18H,2-3,8-9,12-13,15-16H2,(H,26,30)(H,25,27,29). The van der Waals surface area contributed by atoms with Gasteiger partial charge in [-0.1, -0.05) is 48.7 Å². The monoisotopic (exact) mass is 442 g/mol. The molecule has 1 aromatic carbocycles. The molecule has 7 nitrogen and oxygen atoms in total. The number of benzene rings is 1. The van der Waals surface area contributed by atoms with Crippen molar-refractivity contribution in [3.8, 4) is 0 Å². The van der Waals surface area contributed by atoms with Crippen molar-refractivity contribution in [2.24, 2.45) is 0 Å². The van der Waals surface area contributed by atoms with Gasteiger partial charge in [0.25, 0.3) is 0 Å². The number of amides is 3. The molecular weight excluding hydrogens is 416 g/mol. The first-order valence-corrected chi connectivity index (χ1v) is 10.9. The van der Waals surface area contributed by atoms with Gasteiger partial charge in [-0.3, -0.25) is 14.4 Å². The predicted molar refractivity (Wildman–Crippen MR) is 119 cm³/mol. The molecule has 3 rings (SSSR count). The van der Waals surface area contributed by atoms with Crippen LogP contribution in [0, 0.1) is 0 Å². The van der Waals surface area contributed by atoms with Crippen molar-refractivity contribution in [2.75, 3.05) is 11.9 Å². The lowest BCUT2D eigenvalue weighted by Crippen LogP contribution is -2.43. The number of hydrogen-bond donors (Lipinski definition) is 2. The molecule has 1 aromatic heterocycles. The minimum Gasteiger partial charge on any atom is -0.352 e. The molecule has 0 radical (unpaired) electrons. The molecule has 2 N–H and O–H groups in total. The van der Waals surface area contributed by atoms with E-state index in [-0.39, 0.29) is 49.7 Å². The van der Waals surface area contributed by atoms with Crippen LogP contribution in [0.15, 0.2) is 48.7 Å². The molecule has 0 spiro atoms. The van der Waals surface area contributed by atoms with Crippen LogP contribution in [0.2, 0.25) is 5.02 Å². The number of anilines is 1. The maximum absolute atomic E-state index is 12.9. The lowest BCUT2D eigenvalue weighted by Gasteiger charge is -2.24. The molecule has 0 unspecified atom stereocenters. The van der Waals surface area contributed by atoms with Gasteiger partial charge in [-0.25, -0.2) is 4.98 Å². The summed E-state index contributed by atoms with van der Waals surface area (Å²) >= 11 is 6.26. The van der Waals surface area contributed by atoms with E-state index in [0.717, 1.165) is 31.2 Å². The van der Waals surface area contributed by atoms with E-state index in [1.165, 1.54) is 4.90 Å². The van der Waals surface area contributed by atoms with Crippen LogP contribution in [0.3, 0.4) is 0 Å². The Kier molecular flexibility index (Phi) is 8.41. The quantitative estimate of drug-likeness (QED) is 0.621. The second-order valence-electron chi connectivity index (χ2n) is 7.65. The molecule has 1 aliphatic rings. The van der Waals surface area contributed by atoms with Crippen LogP contribution in [0.25, 0.3) is 0 Å². The van der Waals surface area contributed by atoms with Gasteiger partial charge in [0.15, 0.2) is 0 Å². The molecule has 3 amide bonds. The zero-order chi connectivity index (χ0) is 22.1. The molecule has 164 valence electrons. The maximum Gasteiger partial charge on any atom is 0.239 e. The molecule has 0 aliphatic heterocycles. The van der Waals surface area contributed by atoms with Crippen LogP contribution in [-0.2, 0) is 20.9 Å². The lowest BCUT2D eigenvalue weighted by molar-refractivity contribution is -0.137. The average molecular weight is 443 g/mol. The summed E-state index contributed by atoms with van der Waals surface area (Å²) in [6.45, 7) is 0.140. The van der Waals surface area contributed by atoms with Gasteiger partial charge >= 0.3 is 0 Å². The molecule has 8 heteroatoms. The Labute approximate surface area is 187 Å². The van der Waals surface area contributed by atoms with Gasteiger partial charge in [0.2, 0.25) is 17.7 Å². The van der Waals surface area contributed by atoms with Crippen molar-refractivity contribution >= 4 is 35.1 Å². The van der Waals surface area contributed by atoms with Gasteiger partial charge in [-0.2, -0.15) is 0 Å².